The maximum Gasteiger partial charge on any atom is 0.174 e. The summed E-state index contributed by atoms with van der Waals surface area (Å²) in [4.78, 5) is 7.01. The average Bonchev–Trinajstić information content (AvgIpc) is 3.34. The quantitative estimate of drug-likeness (QED) is 0.317. The molecule has 0 spiro atoms. The number of hydrogen-bond acceptors (Lipinski definition) is 2. The Balaban J connectivity index is 1.71. The zero-order valence-corrected chi connectivity index (χ0v) is 21.9. The number of para-hydroxylation sites is 1. The van der Waals surface area contributed by atoms with Crippen molar-refractivity contribution >= 4 is 23.0 Å². The fourth-order valence-electron chi connectivity index (χ4n) is 5.52. The Morgan fingerprint density at radius 1 is 0.914 bits per heavy atom. The first-order valence-electron chi connectivity index (χ1n) is 12.2. The number of thiocarbonyl (C=S) groups is 1. The van der Waals surface area contributed by atoms with E-state index in [1.165, 1.54) is 39.3 Å². The predicted molar refractivity (Wildman–Crippen MR) is 148 cm³/mol. The Morgan fingerprint density at radius 3 is 2.31 bits per heavy atom. The largest absolute Gasteiger partial charge is 0.351 e. The zero-order valence-electron chi connectivity index (χ0n) is 21.0. The van der Waals surface area contributed by atoms with E-state index in [0.717, 1.165) is 22.9 Å². The molecule has 0 bridgehead atoms. The van der Waals surface area contributed by atoms with Crippen LogP contribution in [0.3, 0.4) is 0 Å². The van der Waals surface area contributed by atoms with Crippen molar-refractivity contribution in [2.45, 2.75) is 53.1 Å². The molecule has 0 radical (unpaired) electrons. The lowest BCUT2D eigenvalue weighted by Crippen LogP contribution is -2.29. The first-order valence-corrected chi connectivity index (χ1v) is 12.7. The highest BCUT2D eigenvalue weighted by molar-refractivity contribution is 7.80. The van der Waals surface area contributed by atoms with Gasteiger partial charge in [0, 0.05) is 29.0 Å². The summed E-state index contributed by atoms with van der Waals surface area (Å²) in [6.07, 6.45) is 2.85. The van der Waals surface area contributed by atoms with E-state index in [1.54, 1.807) is 0 Å². The van der Waals surface area contributed by atoms with Crippen LogP contribution >= 0.6 is 12.2 Å². The van der Waals surface area contributed by atoms with E-state index in [9.17, 15) is 0 Å². The van der Waals surface area contributed by atoms with Crippen molar-refractivity contribution in [3.8, 4) is 5.69 Å². The fraction of sp³-hybridized carbons (Fsp3) is 0.267. The van der Waals surface area contributed by atoms with Gasteiger partial charge in [-0.25, -0.2) is 0 Å². The van der Waals surface area contributed by atoms with E-state index in [2.05, 4.69) is 104 Å². The fourth-order valence-corrected chi connectivity index (χ4v) is 5.87. The van der Waals surface area contributed by atoms with Crippen molar-refractivity contribution in [2.75, 3.05) is 4.90 Å². The second kappa shape index (κ2) is 9.31. The zero-order chi connectivity index (χ0) is 24.7. The van der Waals surface area contributed by atoms with E-state index < -0.39 is 0 Å². The van der Waals surface area contributed by atoms with Gasteiger partial charge in [-0.3, -0.25) is 4.98 Å². The summed E-state index contributed by atoms with van der Waals surface area (Å²) >= 11 is 5.96. The van der Waals surface area contributed by atoms with Crippen molar-refractivity contribution in [1.82, 2.24) is 14.9 Å². The van der Waals surface area contributed by atoms with Crippen LogP contribution in [-0.4, -0.2) is 14.7 Å². The van der Waals surface area contributed by atoms with Crippen molar-refractivity contribution in [1.29, 1.82) is 0 Å². The smallest absolute Gasteiger partial charge is 0.174 e. The number of rotatable bonds is 5. The van der Waals surface area contributed by atoms with Crippen LogP contribution in [0, 0.1) is 27.7 Å². The van der Waals surface area contributed by atoms with Crippen LogP contribution in [0.2, 0.25) is 0 Å². The average molecular weight is 481 g/mol. The minimum Gasteiger partial charge on any atom is -0.351 e. The lowest BCUT2D eigenvalue weighted by Gasteiger charge is -2.29. The molecule has 1 saturated heterocycles. The summed E-state index contributed by atoms with van der Waals surface area (Å²) in [6.45, 7) is 10.9. The van der Waals surface area contributed by atoms with Crippen LogP contribution in [0.4, 0.5) is 5.69 Å². The molecular formula is C30H32N4S. The van der Waals surface area contributed by atoms with E-state index in [0.29, 0.717) is 0 Å². The normalized spacial score (nSPS) is 17.6. The topological polar surface area (TPSA) is 33.1 Å². The standard InChI is InChI=1S/C30H32N4S/c1-6-23-11-7-8-13-27(23)33-21(4)18-25(22(33)5)29-28(26-12-9-10-14-31-26)32-30(35)34(29)24-16-19(2)15-20(3)17-24/h7-18,28-29H,6H2,1-5H3,(H,32,35). The number of benzene rings is 2. The van der Waals surface area contributed by atoms with Gasteiger partial charge in [-0.1, -0.05) is 37.3 Å². The van der Waals surface area contributed by atoms with Crippen molar-refractivity contribution < 1.29 is 0 Å². The molecule has 0 saturated carbocycles. The van der Waals surface area contributed by atoms with Crippen LogP contribution in [0.1, 0.15) is 58.3 Å². The third-order valence-electron chi connectivity index (χ3n) is 6.99. The lowest BCUT2D eigenvalue weighted by molar-refractivity contribution is 0.565. The molecule has 1 N–H and O–H groups in total. The summed E-state index contributed by atoms with van der Waals surface area (Å²) < 4.78 is 2.39. The first kappa shape index (κ1) is 23.3. The number of nitrogens with zero attached hydrogens (tertiary/aromatic N) is 3. The van der Waals surface area contributed by atoms with Crippen LogP contribution in [0.5, 0.6) is 0 Å². The maximum atomic E-state index is 5.96. The Bertz CT molecular complexity index is 1370. The first-order chi connectivity index (χ1) is 16.9. The molecule has 5 heteroatoms. The minimum absolute atomic E-state index is 0.0210. The monoisotopic (exact) mass is 480 g/mol. The van der Waals surface area contributed by atoms with E-state index >= 15 is 0 Å². The Hall–Kier alpha value is -3.44. The van der Waals surface area contributed by atoms with Gasteiger partial charge in [0.1, 0.15) is 0 Å². The van der Waals surface area contributed by atoms with Gasteiger partial charge < -0.3 is 14.8 Å². The molecule has 2 unspecified atom stereocenters. The summed E-state index contributed by atoms with van der Waals surface area (Å²) in [5.41, 5.74) is 10.9. The molecule has 2 atom stereocenters. The van der Waals surface area contributed by atoms with Gasteiger partial charge in [0.05, 0.1) is 17.8 Å². The number of aromatic nitrogens is 2. The van der Waals surface area contributed by atoms with Gasteiger partial charge in [-0.15, -0.1) is 0 Å². The minimum atomic E-state index is -0.0557. The van der Waals surface area contributed by atoms with Gasteiger partial charge in [-0.2, -0.15) is 0 Å². The van der Waals surface area contributed by atoms with E-state index in [-0.39, 0.29) is 12.1 Å². The highest BCUT2D eigenvalue weighted by Gasteiger charge is 2.42. The summed E-state index contributed by atoms with van der Waals surface area (Å²) in [6, 6.07) is 23.7. The summed E-state index contributed by atoms with van der Waals surface area (Å²) in [5, 5.41) is 4.34. The number of hydrogen-bond donors (Lipinski definition) is 1. The molecule has 4 nitrogen and oxygen atoms in total. The second-order valence-corrected chi connectivity index (χ2v) is 9.87. The molecular weight excluding hydrogens is 448 g/mol. The van der Waals surface area contributed by atoms with Gasteiger partial charge in [0.2, 0.25) is 0 Å². The summed E-state index contributed by atoms with van der Waals surface area (Å²) in [5.74, 6) is 0. The lowest BCUT2D eigenvalue weighted by atomic mass is 9.96. The number of nitrogens with one attached hydrogen (secondary N) is 1. The molecule has 1 aliphatic heterocycles. The highest BCUT2D eigenvalue weighted by atomic mass is 32.1. The molecule has 178 valence electrons. The Morgan fingerprint density at radius 2 is 1.63 bits per heavy atom. The van der Waals surface area contributed by atoms with Crippen LogP contribution in [0.15, 0.2) is 72.9 Å². The number of anilines is 1. The molecule has 0 amide bonds. The van der Waals surface area contributed by atoms with Crippen molar-refractivity contribution in [2.24, 2.45) is 0 Å². The molecule has 1 fully saturated rings. The molecule has 0 aliphatic carbocycles. The SMILES string of the molecule is CCc1ccccc1-n1c(C)cc(C2C(c3ccccn3)NC(=S)N2c2cc(C)cc(C)c2)c1C. The third kappa shape index (κ3) is 4.14. The van der Waals surface area contributed by atoms with Crippen molar-refractivity contribution in [3.63, 3.8) is 0 Å². The highest BCUT2D eigenvalue weighted by Crippen LogP contribution is 2.44. The van der Waals surface area contributed by atoms with Gasteiger partial charge in [0.15, 0.2) is 5.11 Å². The van der Waals surface area contributed by atoms with Gasteiger partial charge >= 0.3 is 0 Å². The van der Waals surface area contributed by atoms with Crippen LogP contribution in [-0.2, 0) is 6.42 Å². The molecule has 2 aromatic carbocycles. The molecule has 3 heterocycles. The predicted octanol–water partition coefficient (Wildman–Crippen LogP) is 6.85. The summed E-state index contributed by atoms with van der Waals surface area (Å²) in [7, 11) is 0. The van der Waals surface area contributed by atoms with E-state index in [1.807, 2.05) is 18.3 Å². The molecule has 35 heavy (non-hydrogen) atoms. The Labute approximate surface area is 213 Å². The molecule has 2 aromatic heterocycles. The third-order valence-corrected chi connectivity index (χ3v) is 7.30. The molecule has 5 rings (SSSR count). The van der Waals surface area contributed by atoms with Gasteiger partial charge in [0.25, 0.3) is 0 Å². The van der Waals surface area contributed by atoms with Gasteiger partial charge in [-0.05, 0) is 105 Å². The second-order valence-electron chi connectivity index (χ2n) is 9.49. The van der Waals surface area contributed by atoms with Crippen LogP contribution in [0.25, 0.3) is 5.69 Å². The Kier molecular flexibility index (Phi) is 6.20. The molecule has 4 aromatic rings. The number of aryl methyl sites for hydroxylation is 4. The maximum absolute atomic E-state index is 5.96. The molecule has 1 aliphatic rings. The number of pyridine rings is 1. The van der Waals surface area contributed by atoms with Crippen LogP contribution < -0.4 is 10.2 Å². The van der Waals surface area contributed by atoms with E-state index in [4.69, 9.17) is 17.2 Å². The van der Waals surface area contributed by atoms with Crippen molar-refractivity contribution in [3.05, 3.63) is 112 Å².